The number of likely N-dealkylation sites (N-methyl/N-ethyl adjacent to an activating group) is 1. The summed E-state index contributed by atoms with van der Waals surface area (Å²) in [4.78, 5) is 13.1. The number of halogens is 1. The van der Waals surface area contributed by atoms with Gasteiger partial charge < -0.3 is 4.90 Å². The number of hydrogen-bond acceptors (Lipinski definition) is 3. The molecule has 7 heteroatoms. The monoisotopic (exact) mass is 346 g/mol. The highest BCUT2D eigenvalue weighted by Gasteiger charge is 2.27. The van der Waals surface area contributed by atoms with Gasteiger partial charge in [-0.25, -0.2) is 13.1 Å². The molecule has 1 unspecified atom stereocenters. The van der Waals surface area contributed by atoms with Crippen LogP contribution in [-0.2, 0) is 14.8 Å². The van der Waals surface area contributed by atoms with Crippen LogP contribution in [-0.4, -0.2) is 38.9 Å². The number of nitrogens with one attached hydrogen (secondary N) is 1. The van der Waals surface area contributed by atoms with Crippen LogP contribution in [0.1, 0.15) is 12.8 Å². The highest BCUT2D eigenvalue weighted by Crippen LogP contribution is 2.22. The summed E-state index contributed by atoms with van der Waals surface area (Å²) < 4.78 is 27.7. The van der Waals surface area contributed by atoms with Crippen molar-refractivity contribution in [1.29, 1.82) is 0 Å². The smallest absolute Gasteiger partial charge is 0.242 e. The molecule has 104 valence electrons. The molecule has 0 saturated carbocycles. The van der Waals surface area contributed by atoms with Gasteiger partial charge in [0.2, 0.25) is 15.9 Å². The van der Waals surface area contributed by atoms with Gasteiger partial charge in [-0.05, 0) is 34.5 Å². The summed E-state index contributed by atoms with van der Waals surface area (Å²) in [6.07, 6.45) is 0.909. The molecule has 0 radical (unpaired) electrons. The number of benzene rings is 1. The van der Waals surface area contributed by atoms with E-state index in [0.29, 0.717) is 23.9 Å². The minimum atomic E-state index is -3.57. The fourth-order valence-corrected chi connectivity index (χ4v) is 4.32. The summed E-state index contributed by atoms with van der Waals surface area (Å²) in [5.74, 6) is 0.0522. The molecule has 2 rings (SSSR count). The second-order valence-electron chi connectivity index (χ2n) is 4.56. The fourth-order valence-electron chi connectivity index (χ4n) is 2.05. The topological polar surface area (TPSA) is 66.5 Å². The van der Waals surface area contributed by atoms with Crippen LogP contribution < -0.4 is 4.72 Å². The van der Waals surface area contributed by atoms with Crippen LogP contribution in [0.15, 0.2) is 33.6 Å². The number of rotatable bonds is 3. The first kappa shape index (κ1) is 14.5. The third kappa shape index (κ3) is 3.34. The fraction of sp³-hybridized carbons (Fsp3) is 0.417. The van der Waals surface area contributed by atoms with Crippen molar-refractivity contribution in [3.8, 4) is 0 Å². The Hall–Kier alpha value is -0.920. The van der Waals surface area contributed by atoms with Crippen molar-refractivity contribution < 1.29 is 13.2 Å². The minimum absolute atomic E-state index is 0.0522. The van der Waals surface area contributed by atoms with E-state index >= 15 is 0 Å². The van der Waals surface area contributed by atoms with Gasteiger partial charge in [-0.1, -0.05) is 12.1 Å². The molecule has 1 saturated heterocycles. The van der Waals surface area contributed by atoms with Crippen molar-refractivity contribution in [3.05, 3.63) is 28.7 Å². The standard InChI is InChI=1S/C12H15BrN2O3S/c1-15-8-9(6-7-12(15)16)14-19(17,18)11-5-3-2-4-10(11)13/h2-5,9,14H,6-8H2,1H3. The normalized spacial score (nSPS) is 20.6. The Labute approximate surface area is 121 Å². The van der Waals surface area contributed by atoms with Crippen LogP contribution in [0, 0.1) is 0 Å². The van der Waals surface area contributed by atoms with Gasteiger partial charge in [0.15, 0.2) is 0 Å². The Morgan fingerprint density at radius 1 is 1.37 bits per heavy atom. The van der Waals surface area contributed by atoms with Gasteiger partial charge in [0, 0.05) is 30.5 Å². The van der Waals surface area contributed by atoms with Gasteiger partial charge in [0.05, 0.1) is 4.90 Å². The second-order valence-corrected chi connectivity index (χ2v) is 7.10. The van der Waals surface area contributed by atoms with Crippen LogP contribution >= 0.6 is 15.9 Å². The molecule has 1 aromatic rings. The molecule has 0 bridgehead atoms. The van der Waals surface area contributed by atoms with Gasteiger partial charge in [-0.3, -0.25) is 4.79 Å². The Balaban J connectivity index is 2.15. The van der Waals surface area contributed by atoms with E-state index in [9.17, 15) is 13.2 Å². The lowest BCUT2D eigenvalue weighted by Crippen LogP contribution is -2.48. The van der Waals surface area contributed by atoms with E-state index in [1.807, 2.05) is 0 Å². The summed E-state index contributed by atoms with van der Waals surface area (Å²) in [6, 6.07) is 6.43. The van der Waals surface area contributed by atoms with Gasteiger partial charge in [-0.2, -0.15) is 0 Å². The molecule has 1 N–H and O–H groups in total. The predicted molar refractivity (Wildman–Crippen MR) is 75.1 cm³/mol. The number of nitrogens with zero attached hydrogens (tertiary/aromatic N) is 1. The van der Waals surface area contributed by atoms with E-state index in [2.05, 4.69) is 20.7 Å². The summed E-state index contributed by atoms with van der Waals surface area (Å²) in [7, 11) is -1.88. The molecular formula is C12H15BrN2O3S. The highest BCUT2D eigenvalue weighted by molar-refractivity contribution is 9.10. The van der Waals surface area contributed by atoms with Crippen LogP contribution in [0.3, 0.4) is 0 Å². The molecule has 1 aliphatic rings. The Bertz CT molecular complexity index is 588. The molecule has 1 heterocycles. The number of carbonyl (C=O) groups is 1. The maximum atomic E-state index is 12.3. The zero-order valence-corrected chi connectivity index (χ0v) is 12.9. The van der Waals surface area contributed by atoms with Crippen molar-refractivity contribution in [2.75, 3.05) is 13.6 Å². The van der Waals surface area contributed by atoms with Crippen molar-refractivity contribution in [3.63, 3.8) is 0 Å². The van der Waals surface area contributed by atoms with Crippen molar-refractivity contribution in [2.24, 2.45) is 0 Å². The maximum Gasteiger partial charge on any atom is 0.242 e. The number of piperidine rings is 1. The van der Waals surface area contributed by atoms with Crippen LogP contribution in [0.2, 0.25) is 0 Å². The molecule has 5 nitrogen and oxygen atoms in total. The minimum Gasteiger partial charge on any atom is -0.344 e. The van der Waals surface area contributed by atoms with Crippen LogP contribution in [0.5, 0.6) is 0 Å². The van der Waals surface area contributed by atoms with Crippen molar-refractivity contribution >= 4 is 31.9 Å². The summed E-state index contributed by atoms with van der Waals surface area (Å²) >= 11 is 3.23. The number of likely N-dealkylation sites (tertiary alicyclic amines) is 1. The van der Waals surface area contributed by atoms with Crippen molar-refractivity contribution in [1.82, 2.24) is 9.62 Å². The number of hydrogen-bond donors (Lipinski definition) is 1. The summed E-state index contributed by atoms with van der Waals surface area (Å²) in [6.45, 7) is 0.405. The first-order valence-electron chi connectivity index (χ1n) is 5.91. The lowest BCUT2D eigenvalue weighted by atomic mass is 10.1. The van der Waals surface area contributed by atoms with Gasteiger partial charge in [0.25, 0.3) is 0 Å². The maximum absolute atomic E-state index is 12.3. The zero-order chi connectivity index (χ0) is 14.0. The predicted octanol–water partition coefficient (Wildman–Crippen LogP) is 1.35. The molecule has 1 amide bonds. The quantitative estimate of drug-likeness (QED) is 0.898. The third-order valence-electron chi connectivity index (χ3n) is 3.07. The zero-order valence-electron chi connectivity index (χ0n) is 10.5. The van der Waals surface area contributed by atoms with Crippen molar-refractivity contribution in [2.45, 2.75) is 23.8 Å². The molecule has 0 spiro atoms. The molecule has 1 aromatic carbocycles. The first-order valence-corrected chi connectivity index (χ1v) is 8.18. The molecule has 1 atom stereocenters. The lowest BCUT2D eigenvalue weighted by molar-refractivity contribution is -0.132. The van der Waals surface area contributed by atoms with E-state index in [1.54, 1.807) is 36.2 Å². The van der Waals surface area contributed by atoms with E-state index < -0.39 is 10.0 Å². The number of carbonyl (C=O) groups excluding carboxylic acids is 1. The Kier molecular flexibility index (Phi) is 4.27. The molecule has 1 aliphatic heterocycles. The summed E-state index contributed by atoms with van der Waals surface area (Å²) in [5, 5.41) is 0. The number of amides is 1. The SMILES string of the molecule is CN1CC(NS(=O)(=O)c2ccccc2Br)CCC1=O. The Morgan fingerprint density at radius 2 is 2.05 bits per heavy atom. The van der Waals surface area contributed by atoms with E-state index in [0.717, 1.165) is 0 Å². The van der Waals surface area contributed by atoms with Gasteiger partial charge >= 0.3 is 0 Å². The average Bonchev–Trinajstić information content (AvgIpc) is 2.34. The molecular weight excluding hydrogens is 332 g/mol. The lowest BCUT2D eigenvalue weighted by Gasteiger charge is -2.30. The molecule has 1 fully saturated rings. The van der Waals surface area contributed by atoms with E-state index in [1.165, 1.54) is 0 Å². The van der Waals surface area contributed by atoms with Crippen LogP contribution in [0.4, 0.5) is 0 Å². The Morgan fingerprint density at radius 3 is 2.68 bits per heavy atom. The molecule has 0 aromatic heterocycles. The van der Waals surface area contributed by atoms with Gasteiger partial charge in [0.1, 0.15) is 0 Å². The average molecular weight is 347 g/mol. The van der Waals surface area contributed by atoms with E-state index in [4.69, 9.17) is 0 Å². The van der Waals surface area contributed by atoms with Crippen LogP contribution in [0.25, 0.3) is 0 Å². The van der Waals surface area contributed by atoms with Gasteiger partial charge in [-0.15, -0.1) is 0 Å². The largest absolute Gasteiger partial charge is 0.344 e. The first-order chi connectivity index (χ1) is 8.90. The molecule has 19 heavy (non-hydrogen) atoms. The number of sulfonamides is 1. The van der Waals surface area contributed by atoms with E-state index in [-0.39, 0.29) is 16.8 Å². The highest BCUT2D eigenvalue weighted by atomic mass is 79.9. The molecule has 0 aliphatic carbocycles. The summed E-state index contributed by atoms with van der Waals surface area (Å²) in [5.41, 5.74) is 0. The third-order valence-corrected chi connectivity index (χ3v) is 5.61. The second kappa shape index (κ2) is 5.60.